The summed E-state index contributed by atoms with van der Waals surface area (Å²) in [5.74, 6) is 1.83. The van der Waals surface area contributed by atoms with Crippen molar-refractivity contribution in [2.45, 2.75) is 19.8 Å². The summed E-state index contributed by atoms with van der Waals surface area (Å²) in [6.07, 6.45) is 1.64. The fourth-order valence-electron chi connectivity index (χ4n) is 2.73. The Morgan fingerprint density at radius 3 is 2.69 bits per heavy atom. The maximum atomic E-state index is 5.38. The molecule has 4 aromatic rings. The van der Waals surface area contributed by atoms with Crippen molar-refractivity contribution in [3.05, 3.63) is 54.2 Å². The molecule has 0 atom stereocenters. The summed E-state index contributed by atoms with van der Waals surface area (Å²) >= 11 is 0. The number of hydrogen-bond acceptors (Lipinski definition) is 6. The molecule has 0 amide bonds. The average molecular weight is 346 g/mol. The summed E-state index contributed by atoms with van der Waals surface area (Å²) in [7, 11) is 1.56. The maximum absolute atomic E-state index is 5.38. The minimum atomic E-state index is 0.401. The number of methoxy groups -OCH3 is 1. The van der Waals surface area contributed by atoms with Gasteiger partial charge in [-0.1, -0.05) is 31.1 Å². The van der Waals surface area contributed by atoms with Gasteiger partial charge in [0.05, 0.1) is 12.6 Å². The van der Waals surface area contributed by atoms with E-state index in [2.05, 4.69) is 46.1 Å². The quantitative estimate of drug-likeness (QED) is 0.542. The van der Waals surface area contributed by atoms with Crippen LogP contribution in [0.2, 0.25) is 0 Å². The Labute approximate surface area is 150 Å². The number of rotatable bonds is 4. The van der Waals surface area contributed by atoms with Crippen molar-refractivity contribution in [3.63, 3.8) is 0 Å². The van der Waals surface area contributed by atoms with Crippen molar-refractivity contribution in [1.29, 1.82) is 0 Å². The summed E-state index contributed by atoms with van der Waals surface area (Å²) < 4.78 is 10.5. The molecule has 0 saturated carbocycles. The Hall–Kier alpha value is -3.28. The Balaban J connectivity index is 1.69. The van der Waals surface area contributed by atoms with Gasteiger partial charge in [-0.2, -0.15) is 4.98 Å². The maximum Gasteiger partial charge on any atom is 0.258 e. The Kier molecular flexibility index (Phi) is 4.08. The van der Waals surface area contributed by atoms with Crippen molar-refractivity contribution in [3.8, 4) is 28.9 Å². The third-order valence-corrected chi connectivity index (χ3v) is 4.23. The lowest BCUT2D eigenvalue weighted by Crippen LogP contribution is -1.91. The number of nitrogens with zero attached hydrogens (tertiary/aromatic N) is 4. The molecule has 0 aliphatic heterocycles. The van der Waals surface area contributed by atoms with Crippen molar-refractivity contribution in [2.75, 3.05) is 7.11 Å². The summed E-state index contributed by atoms with van der Waals surface area (Å²) in [5.41, 5.74) is 3.62. The minimum absolute atomic E-state index is 0.401. The predicted octanol–water partition coefficient (Wildman–Crippen LogP) is 4.48. The van der Waals surface area contributed by atoms with Gasteiger partial charge >= 0.3 is 0 Å². The smallest absolute Gasteiger partial charge is 0.258 e. The summed E-state index contributed by atoms with van der Waals surface area (Å²) in [6.45, 7) is 4.36. The van der Waals surface area contributed by atoms with Gasteiger partial charge in [-0.25, -0.2) is 9.97 Å². The molecule has 0 fully saturated rings. The van der Waals surface area contributed by atoms with Gasteiger partial charge in [-0.15, -0.1) is 0 Å². The highest BCUT2D eigenvalue weighted by Crippen LogP contribution is 2.25. The van der Waals surface area contributed by atoms with Gasteiger partial charge in [0.25, 0.3) is 5.89 Å². The first-order valence-electron chi connectivity index (χ1n) is 8.39. The largest absolute Gasteiger partial charge is 0.481 e. The molecular weight excluding hydrogens is 328 g/mol. The monoisotopic (exact) mass is 346 g/mol. The second kappa shape index (κ2) is 6.55. The molecule has 4 rings (SSSR count). The van der Waals surface area contributed by atoms with E-state index in [1.807, 2.05) is 18.2 Å². The minimum Gasteiger partial charge on any atom is -0.481 e. The number of fused-ring (bicyclic) bond motifs is 1. The van der Waals surface area contributed by atoms with E-state index in [1.165, 1.54) is 5.56 Å². The molecule has 0 spiro atoms. The number of ether oxygens (including phenoxy) is 1. The van der Waals surface area contributed by atoms with Crippen LogP contribution in [0.5, 0.6) is 5.88 Å². The van der Waals surface area contributed by atoms with Crippen molar-refractivity contribution >= 4 is 10.9 Å². The van der Waals surface area contributed by atoms with Crippen LogP contribution in [0.4, 0.5) is 0 Å². The second-order valence-corrected chi connectivity index (χ2v) is 6.31. The van der Waals surface area contributed by atoms with E-state index in [0.29, 0.717) is 29.2 Å². The molecule has 0 aliphatic carbocycles. The molecule has 0 unspecified atom stereocenters. The van der Waals surface area contributed by atoms with Crippen LogP contribution in [0, 0.1) is 0 Å². The molecule has 1 aromatic carbocycles. The first-order chi connectivity index (χ1) is 12.6. The van der Waals surface area contributed by atoms with Crippen LogP contribution in [0.15, 0.2) is 53.2 Å². The van der Waals surface area contributed by atoms with Gasteiger partial charge in [0.2, 0.25) is 11.7 Å². The highest BCUT2D eigenvalue weighted by atomic mass is 16.5. The van der Waals surface area contributed by atoms with Crippen LogP contribution in [0.1, 0.15) is 25.3 Å². The Morgan fingerprint density at radius 1 is 1.00 bits per heavy atom. The average Bonchev–Trinajstić information content (AvgIpc) is 3.17. The second-order valence-electron chi connectivity index (χ2n) is 6.31. The third-order valence-electron chi connectivity index (χ3n) is 4.23. The lowest BCUT2D eigenvalue weighted by molar-refractivity contribution is 0.397. The van der Waals surface area contributed by atoms with Crippen LogP contribution in [0.25, 0.3) is 33.9 Å². The predicted molar refractivity (Wildman–Crippen MR) is 98.9 cm³/mol. The molecule has 26 heavy (non-hydrogen) atoms. The number of pyridine rings is 2. The third kappa shape index (κ3) is 3.01. The van der Waals surface area contributed by atoms with Gasteiger partial charge in [-0.05, 0) is 35.7 Å². The highest BCUT2D eigenvalue weighted by molar-refractivity contribution is 5.81. The van der Waals surface area contributed by atoms with E-state index in [4.69, 9.17) is 9.26 Å². The summed E-state index contributed by atoms with van der Waals surface area (Å²) in [5, 5.41) is 5.16. The van der Waals surface area contributed by atoms with Crippen molar-refractivity contribution < 1.29 is 9.26 Å². The fraction of sp³-hybridized carbons (Fsp3) is 0.200. The molecule has 0 N–H and O–H groups in total. The molecule has 3 aromatic heterocycles. The number of benzene rings is 1. The first-order valence-corrected chi connectivity index (χ1v) is 8.39. The van der Waals surface area contributed by atoms with Gasteiger partial charge < -0.3 is 9.26 Å². The molecule has 0 radical (unpaired) electrons. The topological polar surface area (TPSA) is 73.9 Å². The SMILES string of the molecule is COc1cc(-c2nc(-c3ccc4cc(C(C)C)ccc4n3)no2)ccn1. The molecule has 6 nitrogen and oxygen atoms in total. The zero-order valence-electron chi connectivity index (χ0n) is 14.8. The van der Waals surface area contributed by atoms with E-state index in [0.717, 1.165) is 16.5 Å². The van der Waals surface area contributed by atoms with Crippen LogP contribution < -0.4 is 4.74 Å². The zero-order chi connectivity index (χ0) is 18.1. The van der Waals surface area contributed by atoms with Crippen LogP contribution in [-0.2, 0) is 0 Å². The summed E-state index contributed by atoms with van der Waals surface area (Å²) in [4.78, 5) is 13.2. The lowest BCUT2D eigenvalue weighted by Gasteiger charge is -2.06. The zero-order valence-corrected chi connectivity index (χ0v) is 14.8. The Bertz CT molecular complexity index is 1070. The van der Waals surface area contributed by atoms with Crippen LogP contribution in [0.3, 0.4) is 0 Å². The van der Waals surface area contributed by atoms with Crippen LogP contribution in [-0.4, -0.2) is 27.2 Å². The van der Waals surface area contributed by atoms with Crippen molar-refractivity contribution in [2.24, 2.45) is 0 Å². The van der Waals surface area contributed by atoms with E-state index in [-0.39, 0.29) is 0 Å². The molecule has 0 bridgehead atoms. The Morgan fingerprint density at radius 2 is 1.88 bits per heavy atom. The normalized spacial score (nSPS) is 11.2. The molecule has 3 heterocycles. The molecule has 130 valence electrons. The van der Waals surface area contributed by atoms with E-state index >= 15 is 0 Å². The lowest BCUT2D eigenvalue weighted by atomic mass is 10.0. The fourth-order valence-corrected chi connectivity index (χ4v) is 2.73. The van der Waals surface area contributed by atoms with Crippen molar-refractivity contribution in [1.82, 2.24) is 20.1 Å². The first kappa shape index (κ1) is 16.2. The van der Waals surface area contributed by atoms with Crippen LogP contribution >= 0.6 is 0 Å². The van der Waals surface area contributed by atoms with Gasteiger partial charge in [0, 0.05) is 23.2 Å². The van der Waals surface area contributed by atoms with Gasteiger partial charge in [0.1, 0.15) is 5.69 Å². The van der Waals surface area contributed by atoms with E-state index in [1.54, 1.807) is 25.4 Å². The van der Waals surface area contributed by atoms with E-state index < -0.39 is 0 Å². The van der Waals surface area contributed by atoms with Gasteiger partial charge in [-0.3, -0.25) is 0 Å². The van der Waals surface area contributed by atoms with Gasteiger partial charge in [0.15, 0.2) is 0 Å². The molecule has 6 heteroatoms. The number of aromatic nitrogens is 4. The molecular formula is C20H18N4O2. The standard InChI is InChI=1S/C20H18N4O2/c1-12(2)13-4-6-16-14(10-13)5-7-17(22-16)19-23-20(26-24-19)15-8-9-21-18(11-15)25-3/h4-12H,1-3H3. The number of hydrogen-bond donors (Lipinski definition) is 0. The highest BCUT2D eigenvalue weighted by Gasteiger charge is 2.13. The van der Waals surface area contributed by atoms with E-state index in [9.17, 15) is 0 Å². The summed E-state index contributed by atoms with van der Waals surface area (Å²) in [6, 6.07) is 13.8. The molecule has 0 saturated heterocycles. The molecule has 0 aliphatic rings.